The highest BCUT2D eigenvalue weighted by Crippen LogP contribution is 1.91. The van der Waals surface area contributed by atoms with E-state index < -0.39 is 15.8 Å². The zero-order valence-electron chi connectivity index (χ0n) is 8.49. The van der Waals surface area contributed by atoms with E-state index in [9.17, 15) is 8.42 Å². The van der Waals surface area contributed by atoms with Crippen molar-refractivity contribution in [1.29, 1.82) is 5.26 Å². The molecule has 0 fully saturated rings. The van der Waals surface area contributed by atoms with Crippen LogP contribution < -0.4 is 4.72 Å². The van der Waals surface area contributed by atoms with Crippen LogP contribution >= 0.6 is 0 Å². The average molecular weight is 220 g/mol. The van der Waals surface area contributed by atoms with Crippen LogP contribution in [0.2, 0.25) is 0 Å². The lowest BCUT2D eigenvalue weighted by molar-refractivity contribution is 0.114. The molecule has 0 heterocycles. The van der Waals surface area contributed by atoms with Gasteiger partial charge in [-0.1, -0.05) is 13.8 Å². The van der Waals surface area contributed by atoms with Gasteiger partial charge < -0.3 is 4.74 Å². The number of nitriles is 1. The first-order valence-corrected chi connectivity index (χ1v) is 6.05. The van der Waals surface area contributed by atoms with Crippen LogP contribution in [0.1, 0.15) is 13.8 Å². The van der Waals surface area contributed by atoms with E-state index in [0.717, 1.165) is 0 Å². The summed E-state index contributed by atoms with van der Waals surface area (Å²) in [4.78, 5) is 0. The Morgan fingerprint density at radius 3 is 2.64 bits per heavy atom. The van der Waals surface area contributed by atoms with Crippen molar-refractivity contribution in [2.24, 2.45) is 5.92 Å². The first kappa shape index (κ1) is 13.4. The fraction of sp³-hybridized carbons (Fsp3) is 0.875. The molecule has 0 spiro atoms. The van der Waals surface area contributed by atoms with Gasteiger partial charge in [-0.2, -0.15) is 5.26 Å². The summed E-state index contributed by atoms with van der Waals surface area (Å²) < 4.78 is 29.3. The number of sulfonamides is 1. The van der Waals surface area contributed by atoms with E-state index in [0.29, 0.717) is 19.1 Å². The van der Waals surface area contributed by atoms with Gasteiger partial charge >= 0.3 is 0 Å². The molecule has 1 N–H and O–H groups in total. The highest BCUT2D eigenvalue weighted by atomic mass is 32.2. The van der Waals surface area contributed by atoms with Gasteiger partial charge in [-0.05, 0) is 5.92 Å². The van der Waals surface area contributed by atoms with E-state index in [1.165, 1.54) is 0 Å². The van der Waals surface area contributed by atoms with E-state index in [4.69, 9.17) is 10.00 Å². The molecule has 0 aliphatic heterocycles. The third-order valence-electron chi connectivity index (χ3n) is 1.27. The molecule has 0 saturated heterocycles. The molecule has 0 radical (unpaired) electrons. The van der Waals surface area contributed by atoms with Crippen molar-refractivity contribution < 1.29 is 13.2 Å². The van der Waals surface area contributed by atoms with Gasteiger partial charge in [0.25, 0.3) is 0 Å². The first-order valence-electron chi connectivity index (χ1n) is 4.40. The predicted octanol–water partition coefficient (Wildman–Crippen LogP) is 0.102. The zero-order valence-corrected chi connectivity index (χ0v) is 9.30. The summed E-state index contributed by atoms with van der Waals surface area (Å²) in [5.74, 6) is -0.0669. The van der Waals surface area contributed by atoms with Gasteiger partial charge in [-0.3, -0.25) is 0 Å². The second kappa shape index (κ2) is 6.76. The topological polar surface area (TPSA) is 79.2 Å². The number of nitrogens with zero attached hydrogens (tertiary/aromatic N) is 1. The molecule has 14 heavy (non-hydrogen) atoms. The van der Waals surface area contributed by atoms with Gasteiger partial charge in [0.15, 0.2) is 5.75 Å². The Balaban J connectivity index is 3.51. The standard InChI is InChI=1S/C8H16N2O3S/c1-8(2)7-13-5-4-10-14(11,12)6-3-9/h8,10H,4-7H2,1-2H3. The minimum absolute atomic E-state index is 0.219. The van der Waals surface area contributed by atoms with Gasteiger partial charge in [-0.15, -0.1) is 0 Å². The van der Waals surface area contributed by atoms with E-state index in [-0.39, 0.29) is 6.54 Å². The SMILES string of the molecule is CC(C)COCCNS(=O)(=O)CC#N. The number of hydrogen-bond acceptors (Lipinski definition) is 4. The minimum Gasteiger partial charge on any atom is -0.380 e. The van der Waals surface area contributed by atoms with Gasteiger partial charge in [-0.25, -0.2) is 13.1 Å². The monoisotopic (exact) mass is 220 g/mol. The lowest BCUT2D eigenvalue weighted by atomic mass is 10.2. The Morgan fingerprint density at radius 2 is 2.14 bits per heavy atom. The molecule has 0 unspecified atom stereocenters. The maximum absolute atomic E-state index is 10.9. The van der Waals surface area contributed by atoms with Crippen LogP contribution in [0, 0.1) is 17.2 Å². The molecule has 0 aliphatic rings. The van der Waals surface area contributed by atoms with Crippen LogP contribution in [-0.4, -0.2) is 33.9 Å². The smallest absolute Gasteiger partial charge is 0.225 e. The molecule has 0 aromatic carbocycles. The minimum atomic E-state index is -3.42. The Morgan fingerprint density at radius 1 is 1.50 bits per heavy atom. The van der Waals surface area contributed by atoms with Gasteiger partial charge in [0.2, 0.25) is 10.0 Å². The summed E-state index contributed by atoms with van der Waals surface area (Å²) in [6, 6.07) is 1.58. The molecule has 0 bridgehead atoms. The second-order valence-electron chi connectivity index (χ2n) is 3.28. The quantitative estimate of drug-likeness (QED) is 0.617. The van der Waals surface area contributed by atoms with E-state index >= 15 is 0 Å². The van der Waals surface area contributed by atoms with E-state index in [1.54, 1.807) is 6.07 Å². The van der Waals surface area contributed by atoms with Crippen LogP contribution in [0.4, 0.5) is 0 Å². The molecule has 0 aromatic rings. The number of ether oxygens (including phenoxy) is 1. The van der Waals surface area contributed by atoms with Crippen LogP contribution in [0.25, 0.3) is 0 Å². The van der Waals surface area contributed by atoms with Crippen LogP contribution in [-0.2, 0) is 14.8 Å². The maximum atomic E-state index is 10.9. The molecule has 6 heteroatoms. The Labute approximate surface area is 85.1 Å². The molecular weight excluding hydrogens is 204 g/mol. The molecule has 0 saturated carbocycles. The highest BCUT2D eigenvalue weighted by Gasteiger charge is 2.07. The second-order valence-corrected chi connectivity index (χ2v) is 5.09. The summed E-state index contributed by atoms with van der Waals surface area (Å²) >= 11 is 0. The van der Waals surface area contributed by atoms with Gasteiger partial charge in [0, 0.05) is 13.2 Å². The van der Waals surface area contributed by atoms with Crippen molar-refractivity contribution in [3.63, 3.8) is 0 Å². The van der Waals surface area contributed by atoms with Crippen LogP contribution in [0.5, 0.6) is 0 Å². The number of nitrogens with one attached hydrogen (secondary N) is 1. The fourth-order valence-corrected chi connectivity index (χ4v) is 1.39. The Kier molecular flexibility index (Phi) is 6.45. The molecule has 0 atom stereocenters. The third kappa shape index (κ3) is 7.98. The summed E-state index contributed by atoms with van der Waals surface area (Å²) in [6.45, 7) is 5.19. The summed E-state index contributed by atoms with van der Waals surface area (Å²) in [5.41, 5.74) is 0. The maximum Gasteiger partial charge on any atom is 0.225 e. The van der Waals surface area contributed by atoms with E-state index in [1.807, 2.05) is 13.8 Å². The molecular formula is C8H16N2O3S. The Hall–Kier alpha value is -0.640. The van der Waals surface area contributed by atoms with Crippen LogP contribution in [0.15, 0.2) is 0 Å². The fourth-order valence-electron chi connectivity index (χ4n) is 0.724. The van der Waals surface area contributed by atoms with Gasteiger partial charge in [0.05, 0.1) is 12.7 Å². The first-order chi connectivity index (χ1) is 6.48. The summed E-state index contributed by atoms with van der Waals surface area (Å²) in [7, 11) is -3.42. The lowest BCUT2D eigenvalue weighted by Gasteiger charge is -2.07. The van der Waals surface area contributed by atoms with Gasteiger partial charge in [0.1, 0.15) is 0 Å². The molecule has 0 amide bonds. The largest absolute Gasteiger partial charge is 0.380 e. The molecule has 0 aromatic heterocycles. The van der Waals surface area contributed by atoms with Crippen molar-refractivity contribution in [2.45, 2.75) is 13.8 Å². The average Bonchev–Trinajstić information content (AvgIpc) is 2.02. The third-order valence-corrected chi connectivity index (χ3v) is 2.43. The number of hydrogen-bond donors (Lipinski definition) is 1. The molecule has 0 aliphatic carbocycles. The van der Waals surface area contributed by atoms with Crippen LogP contribution in [0.3, 0.4) is 0 Å². The van der Waals surface area contributed by atoms with Crippen molar-refractivity contribution in [3.8, 4) is 6.07 Å². The zero-order chi connectivity index (χ0) is 11.0. The van der Waals surface area contributed by atoms with Crippen molar-refractivity contribution >= 4 is 10.0 Å². The summed E-state index contributed by atoms with van der Waals surface area (Å²) in [6.07, 6.45) is 0. The van der Waals surface area contributed by atoms with Crippen molar-refractivity contribution in [3.05, 3.63) is 0 Å². The normalized spacial score (nSPS) is 11.6. The van der Waals surface area contributed by atoms with Crippen molar-refractivity contribution in [2.75, 3.05) is 25.5 Å². The highest BCUT2D eigenvalue weighted by molar-refractivity contribution is 7.89. The predicted molar refractivity (Wildman–Crippen MR) is 53.1 cm³/mol. The number of rotatable bonds is 7. The molecule has 0 rings (SSSR count). The molecule has 82 valence electrons. The van der Waals surface area contributed by atoms with Crippen molar-refractivity contribution in [1.82, 2.24) is 4.72 Å². The molecule has 5 nitrogen and oxygen atoms in total. The lowest BCUT2D eigenvalue weighted by Crippen LogP contribution is -2.29. The summed E-state index contributed by atoms with van der Waals surface area (Å²) in [5, 5.41) is 8.18. The Bertz CT molecular complexity index is 279. The van der Waals surface area contributed by atoms with E-state index in [2.05, 4.69) is 4.72 Å².